The maximum Gasteiger partial charge on any atom is 0.262 e. The predicted molar refractivity (Wildman–Crippen MR) is 80.7 cm³/mol. The van der Waals surface area contributed by atoms with Gasteiger partial charge in [-0.1, -0.05) is 12.1 Å². The van der Waals surface area contributed by atoms with Gasteiger partial charge in [0.15, 0.2) is 6.61 Å². The fraction of sp³-hybridized carbons (Fsp3) is 0.133. The van der Waals surface area contributed by atoms with Crippen LogP contribution >= 0.6 is 15.9 Å². The Kier molecular flexibility index (Phi) is 3.65. The molecule has 4 nitrogen and oxygen atoms in total. The molecule has 0 radical (unpaired) electrons. The Morgan fingerprint density at radius 1 is 1.24 bits per heavy atom. The maximum absolute atomic E-state index is 13.3. The quantitative estimate of drug-likeness (QED) is 0.874. The van der Waals surface area contributed by atoms with Gasteiger partial charge < -0.3 is 15.8 Å². The summed E-state index contributed by atoms with van der Waals surface area (Å²) >= 11 is 3.15. The molecule has 1 unspecified atom stereocenters. The van der Waals surface area contributed by atoms with E-state index >= 15 is 0 Å². The number of nitrogens with one attached hydrogen (secondary N) is 1. The van der Waals surface area contributed by atoms with E-state index in [1.165, 1.54) is 6.07 Å². The van der Waals surface area contributed by atoms with Crippen molar-refractivity contribution in [1.29, 1.82) is 0 Å². The van der Waals surface area contributed by atoms with Crippen LogP contribution in [-0.2, 0) is 4.79 Å². The first kappa shape index (κ1) is 14.0. The van der Waals surface area contributed by atoms with Crippen LogP contribution < -0.4 is 15.8 Å². The van der Waals surface area contributed by atoms with E-state index in [1.54, 1.807) is 24.3 Å². The van der Waals surface area contributed by atoms with Crippen molar-refractivity contribution in [3.05, 3.63) is 57.8 Å². The Hall–Kier alpha value is -1.92. The minimum atomic E-state index is -0.425. The zero-order valence-corrected chi connectivity index (χ0v) is 12.5. The molecule has 2 aromatic rings. The van der Waals surface area contributed by atoms with Crippen molar-refractivity contribution < 1.29 is 13.9 Å². The lowest BCUT2D eigenvalue weighted by Gasteiger charge is -2.20. The largest absolute Gasteiger partial charge is 0.482 e. The first-order valence-corrected chi connectivity index (χ1v) is 7.11. The molecule has 1 aliphatic heterocycles. The van der Waals surface area contributed by atoms with Crippen molar-refractivity contribution in [3.8, 4) is 5.75 Å². The topological polar surface area (TPSA) is 64.3 Å². The molecule has 0 aromatic heterocycles. The number of rotatable bonds is 2. The van der Waals surface area contributed by atoms with Gasteiger partial charge in [-0.05, 0) is 51.3 Å². The van der Waals surface area contributed by atoms with E-state index in [0.29, 0.717) is 15.9 Å². The monoisotopic (exact) mass is 350 g/mol. The lowest BCUT2D eigenvalue weighted by Crippen LogP contribution is -2.25. The summed E-state index contributed by atoms with van der Waals surface area (Å²) in [5.74, 6) is 0.0839. The summed E-state index contributed by atoms with van der Waals surface area (Å²) in [6, 6.07) is 9.59. The number of hydrogen-bond donors (Lipinski definition) is 2. The van der Waals surface area contributed by atoms with Crippen LogP contribution in [0.15, 0.2) is 40.9 Å². The Bertz CT molecular complexity index is 721. The average Bonchev–Trinajstić information content (AvgIpc) is 2.48. The van der Waals surface area contributed by atoms with Gasteiger partial charge in [0.2, 0.25) is 0 Å². The summed E-state index contributed by atoms with van der Waals surface area (Å²) in [7, 11) is 0. The van der Waals surface area contributed by atoms with Crippen molar-refractivity contribution in [2.45, 2.75) is 6.04 Å². The number of halogens is 2. The molecule has 21 heavy (non-hydrogen) atoms. The van der Waals surface area contributed by atoms with Crippen molar-refractivity contribution in [2.75, 3.05) is 11.9 Å². The molecular formula is C15H12BrFN2O2. The van der Waals surface area contributed by atoms with Crippen LogP contribution in [0.1, 0.15) is 17.2 Å². The summed E-state index contributed by atoms with van der Waals surface area (Å²) in [5.41, 5.74) is 8.38. The number of amides is 1. The molecule has 0 saturated heterocycles. The van der Waals surface area contributed by atoms with Crippen LogP contribution in [0.3, 0.4) is 0 Å². The van der Waals surface area contributed by atoms with Crippen molar-refractivity contribution in [1.82, 2.24) is 0 Å². The van der Waals surface area contributed by atoms with Crippen LogP contribution in [0, 0.1) is 5.82 Å². The van der Waals surface area contributed by atoms with Gasteiger partial charge in [-0.25, -0.2) is 4.39 Å². The molecule has 0 fully saturated rings. The van der Waals surface area contributed by atoms with Crippen molar-refractivity contribution in [2.24, 2.45) is 5.73 Å². The highest BCUT2D eigenvalue weighted by Crippen LogP contribution is 2.32. The first-order valence-electron chi connectivity index (χ1n) is 6.32. The molecular weight excluding hydrogens is 339 g/mol. The molecule has 0 spiro atoms. The molecule has 2 aromatic carbocycles. The minimum Gasteiger partial charge on any atom is -0.482 e. The summed E-state index contributed by atoms with van der Waals surface area (Å²) < 4.78 is 18.9. The smallest absolute Gasteiger partial charge is 0.262 e. The first-order chi connectivity index (χ1) is 10.0. The van der Waals surface area contributed by atoms with Gasteiger partial charge >= 0.3 is 0 Å². The summed E-state index contributed by atoms with van der Waals surface area (Å²) in [6.45, 7) is 0.0172. The lowest BCUT2D eigenvalue weighted by molar-refractivity contribution is -0.118. The molecule has 0 aliphatic carbocycles. The molecule has 108 valence electrons. The second-order valence-corrected chi connectivity index (χ2v) is 5.60. The Balaban J connectivity index is 1.94. The van der Waals surface area contributed by atoms with Gasteiger partial charge in [-0.3, -0.25) is 4.79 Å². The Labute approximate surface area is 129 Å². The third kappa shape index (κ3) is 2.77. The van der Waals surface area contributed by atoms with E-state index in [-0.39, 0.29) is 18.3 Å². The van der Waals surface area contributed by atoms with E-state index in [2.05, 4.69) is 21.2 Å². The third-order valence-corrected chi connectivity index (χ3v) is 3.91. The van der Waals surface area contributed by atoms with E-state index in [9.17, 15) is 9.18 Å². The number of hydrogen-bond acceptors (Lipinski definition) is 3. The Morgan fingerprint density at radius 3 is 2.71 bits per heavy atom. The number of carbonyl (C=O) groups excluding carboxylic acids is 1. The number of anilines is 1. The van der Waals surface area contributed by atoms with Crippen LogP contribution in [0.4, 0.5) is 10.1 Å². The normalized spacial score (nSPS) is 14.9. The van der Waals surface area contributed by atoms with Gasteiger partial charge in [0.1, 0.15) is 11.6 Å². The second-order valence-electron chi connectivity index (χ2n) is 4.74. The number of nitrogens with two attached hydrogens (primary N) is 1. The highest BCUT2D eigenvalue weighted by molar-refractivity contribution is 9.10. The van der Waals surface area contributed by atoms with Crippen LogP contribution in [0.5, 0.6) is 5.75 Å². The van der Waals surface area contributed by atoms with E-state index < -0.39 is 6.04 Å². The third-order valence-electron chi connectivity index (χ3n) is 3.30. The molecule has 1 amide bonds. The molecule has 1 heterocycles. The fourth-order valence-electron chi connectivity index (χ4n) is 2.19. The standard InChI is InChI=1S/C15H12BrFN2O2/c16-10-5-8(1-3-11(10)17)15(18)9-2-4-13-12(6-9)19-14(20)7-21-13/h1-6,15H,7,18H2,(H,19,20). The van der Waals surface area contributed by atoms with Gasteiger partial charge in [0.25, 0.3) is 5.91 Å². The summed E-state index contributed by atoms with van der Waals surface area (Å²) in [4.78, 5) is 11.3. The highest BCUT2D eigenvalue weighted by atomic mass is 79.9. The molecule has 1 aliphatic rings. The lowest BCUT2D eigenvalue weighted by atomic mass is 9.98. The minimum absolute atomic E-state index is 0.0172. The number of carbonyl (C=O) groups is 1. The number of benzene rings is 2. The highest BCUT2D eigenvalue weighted by Gasteiger charge is 2.18. The average molecular weight is 351 g/mol. The maximum atomic E-state index is 13.3. The predicted octanol–water partition coefficient (Wildman–Crippen LogP) is 2.97. The summed E-state index contributed by atoms with van der Waals surface area (Å²) in [5, 5.41) is 2.74. The van der Waals surface area contributed by atoms with Crippen molar-refractivity contribution >= 4 is 27.5 Å². The SMILES string of the molecule is NC(c1ccc(F)c(Br)c1)c1ccc2c(c1)NC(=O)CO2. The van der Waals surface area contributed by atoms with Crippen LogP contribution in [0.2, 0.25) is 0 Å². The molecule has 1 atom stereocenters. The molecule has 6 heteroatoms. The molecule has 0 saturated carbocycles. The van der Waals surface area contributed by atoms with E-state index in [0.717, 1.165) is 11.1 Å². The second kappa shape index (κ2) is 5.46. The van der Waals surface area contributed by atoms with Gasteiger partial charge in [0, 0.05) is 0 Å². The molecule has 3 rings (SSSR count). The van der Waals surface area contributed by atoms with E-state index in [4.69, 9.17) is 10.5 Å². The molecule has 3 N–H and O–H groups in total. The zero-order valence-electron chi connectivity index (χ0n) is 10.9. The van der Waals surface area contributed by atoms with Crippen LogP contribution in [0.25, 0.3) is 0 Å². The number of ether oxygens (including phenoxy) is 1. The fourth-order valence-corrected chi connectivity index (χ4v) is 2.59. The van der Waals surface area contributed by atoms with Gasteiger partial charge in [-0.2, -0.15) is 0 Å². The van der Waals surface area contributed by atoms with Crippen molar-refractivity contribution in [3.63, 3.8) is 0 Å². The number of fused-ring (bicyclic) bond motifs is 1. The van der Waals surface area contributed by atoms with Gasteiger partial charge in [-0.15, -0.1) is 0 Å². The summed E-state index contributed by atoms with van der Waals surface area (Å²) in [6.07, 6.45) is 0. The zero-order chi connectivity index (χ0) is 15.0. The van der Waals surface area contributed by atoms with Gasteiger partial charge in [0.05, 0.1) is 16.2 Å². The van der Waals surface area contributed by atoms with E-state index in [1.807, 2.05) is 6.07 Å². The molecule has 0 bridgehead atoms. The Morgan fingerprint density at radius 2 is 1.95 bits per heavy atom. The van der Waals surface area contributed by atoms with Crippen LogP contribution in [-0.4, -0.2) is 12.5 Å².